The standard InChI is InChI=1S/C27H25NO7/c1-16(2)14-33-19-6-3-5-18(12-19)25(29)23-24(21-7-4-10-32-21)28(27(31)26(23)30)13-17-8-9-20-22(11-17)35-15-34-20/h3-12,16,24,29H,13-15H2,1-2H3/b25-23-. The third-order valence-corrected chi connectivity index (χ3v) is 5.83. The number of aliphatic hydroxyl groups excluding tert-OH is 1. The van der Waals surface area contributed by atoms with Gasteiger partial charge in [0.2, 0.25) is 6.79 Å². The molecule has 2 aromatic carbocycles. The molecular formula is C27H25NO7. The van der Waals surface area contributed by atoms with Crippen LogP contribution >= 0.6 is 0 Å². The summed E-state index contributed by atoms with van der Waals surface area (Å²) < 4.78 is 22.2. The van der Waals surface area contributed by atoms with Gasteiger partial charge < -0.3 is 28.6 Å². The number of aliphatic hydroxyl groups is 1. The molecule has 8 heteroatoms. The van der Waals surface area contributed by atoms with Crippen molar-refractivity contribution in [2.24, 2.45) is 5.92 Å². The van der Waals surface area contributed by atoms with Crippen LogP contribution in [0.5, 0.6) is 17.2 Å². The van der Waals surface area contributed by atoms with E-state index in [2.05, 4.69) is 0 Å². The first kappa shape index (κ1) is 22.6. The van der Waals surface area contributed by atoms with Crippen molar-refractivity contribution in [3.05, 3.63) is 83.3 Å². The van der Waals surface area contributed by atoms with Crippen molar-refractivity contribution in [1.82, 2.24) is 4.90 Å². The van der Waals surface area contributed by atoms with Gasteiger partial charge in [0.25, 0.3) is 11.7 Å². The minimum atomic E-state index is -0.893. The summed E-state index contributed by atoms with van der Waals surface area (Å²) in [4.78, 5) is 27.7. The van der Waals surface area contributed by atoms with Crippen molar-refractivity contribution >= 4 is 17.4 Å². The molecule has 0 aliphatic carbocycles. The molecule has 0 bridgehead atoms. The lowest BCUT2D eigenvalue weighted by atomic mass is 9.99. The largest absolute Gasteiger partial charge is 0.507 e. The van der Waals surface area contributed by atoms with E-state index < -0.39 is 17.7 Å². The zero-order valence-electron chi connectivity index (χ0n) is 19.4. The summed E-state index contributed by atoms with van der Waals surface area (Å²) in [5.74, 6) is 0.673. The molecule has 35 heavy (non-hydrogen) atoms. The molecule has 2 aliphatic rings. The lowest BCUT2D eigenvalue weighted by Crippen LogP contribution is -2.29. The number of hydrogen-bond donors (Lipinski definition) is 1. The fourth-order valence-electron chi connectivity index (χ4n) is 4.17. The topological polar surface area (TPSA) is 98.4 Å². The van der Waals surface area contributed by atoms with Crippen LogP contribution in [0.25, 0.3) is 5.76 Å². The van der Waals surface area contributed by atoms with Gasteiger partial charge in [-0.1, -0.05) is 32.0 Å². The number of nitrogens with zero attached hydrogens (tertiary/aromatic N) is 1. The van der Waals surface area contributed by atoms with E-state index in [-0.39, 0.29) is 24.7 Å². The minimum Gasteiger partial charge on any atom is -0.507 e. The molecule has 180 valence electrons. The molecule has 1 N–H and O–H groups in total. The number of fused-ring (bicyclic) bond motifs is 1. The second-order valence-electron chi connectivity index (χ2n) is 8.86. The molecule has 1 aromatic heterocycles. The van der Waals surface area contributed by atoms with Crippen LogP contribution in [0.2, 0.25) is 0 Å². The molecule has 2 aliphatic heterocycles. The Hall–Kier alpha value is -4.20. The normalized spacial score (nSPS) is 18.5. The highest BCUT2D eigenvalue weighted by molar-refractivity contribution is 6.46. The number of furan rings is 1. The Labute approximate surface area is 202 Å². The quantitative estimate of drug-likeness (QED) is 0.301. The van der Waals surface area contributed by atoms with Gasteiger partial charge in [0.15, 0.2) is 11.5 Å². The lowest BCUT2D eigenvalue weighted by Gasteiger charge is -2.23. The monoisotopic (exact) mass is 475 g/mol. The Balaban J connectivity index is 1.53. The van der Waals surface area contributed by atoms with Gasteiger partial charge in [0.05, 0.1) is 18.4 Å². The lowest BCUT2D eigenvalue weighted by molar-refractivity contribution is -0.140. The Morgan fingerprint density at radius 3 is 2.69 bits per heavy atom. The fraction of sp³-hybridized carbons (Fsp3) is 0.259. The summed E-state index contributed by atoms with van der Waals surface area (Å²) in [5, 5.41) is 11.2. The number of likely N-dealkylation sites (tertiary alicyclic amines) is 1. The highest BCUT2D eigenvalue weighted by Crippen LogP contribution is 2.41. The van der Waals surface area contributed by atoms with Crippen molar-refractivity contribution in [3.63, 3.8) is 0 Å². The van der Waals surface area contributed by atoms with E-state index in [1.54, 1.807) is 48.5 Å². The predicted octanol–water partition coefficient (Wildman–Crippen LogP) is 4.67. The molecule has 1 saturated heterocycles. The average Bonchev–Trinajstić information content (AvgIpc) is 3.59. The van der Waals surface area contributed by atoms with Gasteiger partial charge in [-0.15, -0.1) is 0 Å². The van der Waals surface area contributed by atoms with E-state index in [9.17, 15) is 14.7 Å². The molecule has 0 radical (unpaired) electrons. The van der Waals surface area contributed by atoms with Crippen LogP contribution in [0.1, 0.15) is 36.8 Å². The van der Waals surface area contributed by atoms with Crippen molar-refractivity contribution < 1.29 is 33.3 Å². The summed E-state index contributed by atoms with van der Waals surface area (Å²) in [7, 11) is 0. The number of ether oxygens (including phenoxy) is 3. The molecule has 0 saturated carbocycles. The van der Waals surface area contributed by atoms with Crippen LogP contribution in [-0.2, 0) is 16.1 Å². The number of amides is 1. The molecule has 8 nitrogen and oxygen atoms in total. The summed E-state index contributed by atoms with van der Waals surface area (Å²) in [5.41, 5.74) is 1.09. The van der Waals surface area contributed by atoms with Crippen LogP contribution in [0.4, 0.5) is 0 Å². The summed E-state index contributed by atoms with van der Waals surface area (Å²) in [6, 6.07) is 14.6. The van der Waals surface area contributed by atoms with Gasteiger partial charge in [0.1, 0.15) is 23.3 Å². The second-order valence-corrected chi connectivity index (χ2v) is 8.86. The number of ketones is 1. The van der Waals surface area contributed by atoms with Crippen LogP contribution in [0.3, 0.4) is 0 Å². The first-order chi connectivity index (χ1) is 16.9. The zero-order valence-corrected chi connectivity index (χ0v) is 19.4. The molecule has 5 rings (SSSR count). The molecule has 1 amide bonds. The van der Waals surface area contributed by atoms with Gasteiger partial charge in [-0.05, 0) is 47.9 Å². The molecule has 1 fully saturated rings. The van der Waals surface area contributed by atoms with E-state index >= 15 is 0 Å². The SMILES string of the molecule is CC(C)COc1cccc(/C(O)=C2/C(=O)C(=O)N(Cc3ccc4c(c3)OCO4)C2c2ccco2)c1. The average molecular weight is 475 g/mol. The van der Waals surface area contributed by atoms with E-state index in [0.717, 1.165) is 5.56 Å². The second kappa shape index (κ2) is 9.21. The molecule has 0 spiro atoms. The maximum atomic E-state index is 13.2. The third-order valence-electron chi connectivity index (χ3n) is 5.83. The van der Waals surface area contributed by atoms with Crippen LogP contribution in [-0.4, -0.2) is 35.1 Å². The Morgan fingerprint density at radius 1 is 1.09 bits per heavy atom. The minimum absolute atomic E-state index is 0.0355. The van der Waals surface area contributed by atoms with Crippen LogP contribution < -0.4 is 14.2 Å². The number of benzene rings is 2. The maximum Gasteiger partial charge on any atom is 0.296 e. The van der Waals surface area contributed by atoms with Crippen molar-refractivity contribution in [2.75, 3.05) is 13.4 Å². The number of Topliss-reactive ketones (excluding diaryl/α,β-unsaturated/α-hetero) is 1. The number of carbonyl (C=O) groups excluding carboxylic acids is 2. The van der Waals surface area contributed by atoms with Crippen molar-refractivity contribution in [1.29, 1.82) is 0 Å². The Bertz CT molecular complexity index is 1290. The third kappa shape index (κ3) is 4.35. The number of rotatable bonds is 7. The predicted molar refractivity (Wildman–Crippen MR) is 126 cm³/mol. The maximum absolute atomic E-state index is 13.2. The van der Waals surface area contributed by atoms with Gasteiger partial charge in [0, 0.05) is 12.1 Å². The van der Waals surface area contributed by atoms with Crippen LogP contribution in [0.15, 0.2) is 70.9 Å². The molecule has 1 unspecified atom stereocenters. The van der Waals surface area contributed by atoms with Gasteiger partial charge >= 0.3 is 0 Å². The highest BCUT2D eigenvalue weighted by Gasteiger charge is 2.47. The Morgan fingerprint density at radius 2 is 1.91 bits per heavy atom. The number of hydrogen-bond acceptors (Lipinski definition) is 7. The molecular weight excluding hydrogens is 450 g/mol. The smallest absolute Gasteiger partial charge is 0.296 e. The van der Waals surface area contributed by atoms with Gasteiger partial charge in [-0.25, -0.2) is 0 Å². The highest BCUT2D eigenvalue weighted by atomic mass is 16.7. The Kier molecular flexibility index (Phi) is 5.94. The molecule has 1 atom stereocenters. The summed E-state index contributed by atoms with van der Waals surface area (Å²) in [6.45, 7) is 4.83. The van der Waals surface area contributed by atoms with E-state index in [1.807, 2.05) is 19.9 Å². The van der Waals surface area contributed by atoms with Crippen LogP contribution in [0, 0.1) is 5.92 Å². The molecule has 3 heterocycles. The van der Waals surface area contributed by atoms with E-state index in [4.69, 9.17) is 18.6 Å². The van der Waals surface area contributed by atoms with Crippen molar-refractivity contribution in [3.8, 4) is 17.2 Å². The first-order valence-corrected chi connectivity index (χ1v) is 11.4. The fourth-order valence-corrected chi connectivity index (χ4v) is 4.17. The first-order valence-electron chi connectivity index (χ1n) is 11.4. The van der Waals surface area contributed by atoms with E-state index in [1.165, 1.54) is 11.2 Å². The van der Waals surface area contributed by atoms with Crippen molar-refractivity contribution in [2.45, 2.75) is 26.4 Å². The van der Waals surface area contributed by atoms with Gasteiger partial charge in [-0.2, -0.15) is 0 Å². The van der Waals surface area contributed by atoms with E-state index in [0.29, 0.717) is 41.1 Å². The zero-order chi connectivity index (χ0) is 24.5. The molecule has 3 aromatic rings. The number of carbonyl (C=O) groups is 2. The summed E-state index contributed by atoms with van der Waals surface area (Å²) in [6.07, 6.45) is 1.47. The summed E-state index contributed by atoms with van der Waals surface area (Å²) >= 11 is 0. The van der Waals surface area contributed by atoms with Gasteiger partial charge in [-0.3, -0.25) is 9.59 Å².